The highest BCUT2D eigenvalue weighted by atomic mass is 79.9. The average molecular weight is 355 g/mol. The van der Waals surface area contributed by atoms with E-state index >= 15 is 0 Å². The molecule has 1 aromatic heterocycles. The van der Waals surface area contributed by atoms with Crippen molar-refractivity contribution < 1.29 is 14.1 Å². The fourth-order valence-corrected chi connectivity index (χ4v) is 1.97. The molecule has 2 rings (SSSR count). The second kappa shape index (κ2) is 5.83. The molecule has 0 saturated heterocycles. The number of anilines is 1. The lowest BCUT2D eigenvalue weighted by atomic mass is 10.2. The van der Waals surface area contributed by atoms with Crippen molar-refractivity contribution >= 4 is 33.3 Å². The molecular weight excluding hydrogens is 347 g/mol. The summed E-state index contributed by atoms with van der Waals surface area (Å²) in [7, 11) is 0. The molecule has 0 radical (unpaired) electrons. The van der Waals surface area contributed by atoms with Gasteiger partial charge < -0.3 is 15.4 Å². The van der Waals surface area contributed by atoms with Crippen molar-refractivity contribution in [3.8, 4) is 5.69 Å². The molecule has 7 nitrogen and oxygen atoms in total. The number of rotatable bonds is 4. The van der Waals surface area contributed by atoms with Crippen molar-refractivity contribution in [1.82, 2.24) is 9.78 Å². The molecule has 0 bridgehead atoms. The predicted molar refractivity (Wildman–Crippen MR) is 76.7 cm³/mol. The van der Waals surface area contributed by atoms with Crippen LogP contribution in [0.1, 0.15) is 0 Å². The lowest BCUT2D eigenvalue weighted by Gasteiger charge is -2.05. The fraction of sp³-hybridized carbons (Fsp3) is 0. The number of nitro groups is 1. The molecule has 0 atom stereocenters. The first-order valence-electron chi connectivity index (χ1n) is 5.55. The minimum absolute atomic E-state index is 0.0364. The van der Waals surface area contributed by atoms with E-state index in [-0.39, 0.29) is 10.2 Å². The first kappa shape index (κ1) is 14.9. The topological polar surface area (TPSA) is 90.1 Å². The maximum absolute atomic E-state index is 13.8. The summed E-state index contributed by atoms with van der Waals surface area (Å²) in [5.74, 6) is -1.54. The average Bonchev–Trinajstić information content (AvgIpc) is 2.82. The normalized spacial score (nSPS) is 10.2. The summed E-state index contributed by atoms with van der Waals surface area (Å²) in [5.41, 5.74) is 0.274. The van der Waals surface area contributed by atoms with E-state index in [1.165, 1.54) is 18.3 Å². The lowest BCUT2D eigenvalue weighted by Crippen LogP contribution is -2.08. The zero-order chi connectivity index (χ0) is 15.6. The summed E-state index contributed by atoms with van der Waals surface area (Å²) in [4.78, 5) is 21.3. The van der Waals surface area contributed by atoms with Gasteiger partial charge in [-0.15, -0.1) is 4.68 Å². The zero-order valence-electron chi connectivity index (χ0n) is 10.4. The van der Waals surface area contributed by atoms with E-state index < -0.39 is 22.5 Å². The van der Waals surface area contributed by atoms with Crippen LogP contribution in [-0.2, 0) is 4.79 Å². The van der Waals surface area contributed by atoms with Crippen LogP contribution < -0.4 is 5.32 Å². The number of hydrogen-bond acceptors (Lipinski definition) is 4. The molecule has 21 heavy (non-hydrogen) atoms. The molecule has 1 amide bonds. The molecule has 0 aliphatic heterocycles. The van der Waals surface area contributed by atoms with Crippen LogP contribution in [0.25, 0.3) is 5.69 Å². The molecule has 9 heteroatoms. The van der Waals surface area contributed by atoms with E-state index in [0.29, 0.717) is 5.69 Å². The van der Waals surface area contributed by atoms with Gasteiger partial charge in [0.05, 0.1) is 11.3 Å². The Bertz CT molecular complexity index is 744. The SMILES string of the molecule is C=CC(=O)Nc1ccc(F)c(-n2cc(Br)c([N+](=O)[O-])n2)c1. The van der Waals surface area contributed by atoms with Crippen molar-refractivity contribution in [3.05, 3.63) is 57.5 Å². The van der Waals surface area contributed by atoms with Crippen LogP contribution in [0.15, 0.2) is 41.5 Å². The Kier molecular flexibility index (Phi) is 4.13. The van der Waals surface area contributed by atoms with E-state index in [0.717, 1.165) is 16.8 Å². The summed E-state index contributed by atoms with van der Waals surface area (Å²) in [6, 6.07) is 3.78. The summed E-state index contributed by atoms with van der Waals surface area (Å²) in [6.07, 6.45) is 2.33. The van der Waals surface area contributed by atoms with E-state index in [4.69, 9.17) is 0 Å². The third-order valence-corrected chi connectivity index (χ3v) is 3.03. The Balaban J connectivity index is 2.45. The highest BCUT2D eigenvalue weighted by molar-refractivity contribution is 9.10. The molecule has 108 valence electrons. The van der Waals surface area contributed by atoms with Gasteiger partial charge in [0.1, 0.15) is 10.2 Å². The van der Waals surface area contributed by atoms with Crippen molar-refractivity contribution in [2.75, 3.05) is 5.32 Å². The van der Waals surface area contributed by atoms with E-state index in [1.54, 1.807) is 0 Å². The highest BCUT2D eigenvalue weighted by Crippen LogP contribution is 2.26. The molecule has 2 aromatic rings. The summed E-state index contributed by atoms with van der Waals surface area (Å²) < 4.78 is 15.0. The summed E-state index contributed by atoms with van der Waals surface area (Å²) >= 11 is 2.98. The number of benzene rings is 1. The summed E-state index contributed by atoms with van der Waals surface area (Å²) in [5, 5.41) is 16.9. The number of hydrogen-bond donors (Lipinski definition) is 1. The zero-order valence-corrected chi connectivity index (χ0v) is 12.0. The first-order valence-corrected chi connectivity index (χ1v) is 6.34. The van der Waals surface area contributed by atoms with Crippen LogP contribution in [0.5, 0.6) is 0 Å². The van der Waals surface area contributed by atoms with E-state index in [1.807, 2.05) is 0 Å². The second-order valence-electron chi connectivity index (χ2n) is 3.86. The van der Waals surface area contributed by atoms with Crippen LogP contribution in [0.3, 0.4) is 0 Å². The van der Waals surface area contributed by atoms with Gasteiger partial charge in [-0.25, -0.2) is 4.39 Å². The van der Waals surface area contributed by atoms with Crippen LogP contribution in [-0.4, -0.2) is 20.6 Å². The Morgan fingerprint density at radius 1 is 1.57 bits per heavy atom. The molecule has 0 unspecified atom stereocenters. The number of amides is 1. The molecule has 0 saturated carbocycles. The van der Waals surface area contributed by atoms with Gasteiger partial charge in [0, 0.05) is 5.69 Å². The molecule has 0 fully saturated rings. The molecule has 1 heterocycles. The number of carbonyl (C=O) groups excluding carboxylic acids is 1. The van der Waals surface area contributed by atoms with Gasteiger partial charge in [-0.05, 0) is 45.1 Å². The van der Waals surface area contributed by atoms with Gasteiger partial charge in [-0.2, -0.15) is 0 Å². The van der Waals surface area contributed by atoms with Crippen LogP contribution in [0, 0.1) is 15.9 Å². The van der Waals surface area contributed by atoms with Crippen LogP contribution in [0.4, 0.5) is 15.9 Å². The molecule has 1 N–H and O–H groups in total. The number of halogens is 2. The van der Waals surface area contributed by atoms with Gasteiger partial charge >= 0.3 is 5.82 Å². The third kappa shape index (κ3) is 3.14. The van der Waals surface area contributed by atoms with Gasteiger partial charge in [0.25, 0.3) is 0 Å². The van der Waals surface area contributed by atoms with E-state index in [2.05, 4.69) is 32.9 Å². The lowest BCUT2D eigenvalue weighted by molar-refractivity contribution is -0.390. The molecule has 0 spiro atoms. The maximum atomic E-state index is 13.8. The van der Waals surface area contributed by atoms with Gasteiger partial charge in [0.15, 0.2) is 5.82 Å². The van der Waals surface area contributed by atoms with Crippen molar-refractivity contribution in [1.29, 1.82) is 0 Å². The molecule has 0 aliphatic carbocycles. The fourth-order valence-electron chi connectivity index (χ4n) is 1.55. The van der Waals surface area contributed by atoms with E-state index in [9.17, 15) is 19.3 Å². The van der Waals surface area contributed by atoms with Crippen molar-refractivity contribution in [2.24, 2.45) is 0 Å². The number of aromatic nitrogens is 2. The number of carbonyl (C=O) groups is 1. The van der Waals surface area contributed by atoms with Crippen molar-refractivity contribution in [2.45, 2.75) is 0 Å². The molecule has 0 aliphatic rings. The Morgan fingerprint density at radius 2 is 2.29 bits per heavy atom. The number of nitrogens with zero attached hydrogens (tertiary/aromatic N) is 3. The second-order valence-corrected chi connectivity index (χ2v) is 4.72. The summed E-state index contributed by atoms with van der Waals surface area (Å²) in [6.45, 7) is 3.30. The maximum Gasteiger partial charge on any atom is 0.404 e. The smallest absolute Gasteiger partial charge is 0.358 e. The highest BCUT2D eigenvalue weighted by Gasteiger charge is 2.21. The largest absolute Gasteiger partial charge is 0.404 e. The van der Waals surface area contributed by atoms with Gasteiger partial charge in [-0.1, -0.05) is 6.58 Å². The Labute approximate surface area is 126 Å². The third-order valence-electron chi connectivity index (χ3n) is 2.47. The van der Waals surface area contributed by atoms with Gasteiger partial charge in [-0.3, -0.25) is 4.79 Å². The van der Waals surface area contributed by atoms with Gasteiger partial charge in [0.2, 0.25) is 5.91 Å². The predicted octanol–water partition coefficient (Wildman–Crippen LogP) is 2.81. The van der Waals surface area contributed by atoms with Crippen LogP contribution >= 0.6 is 15.9 Å². The number of nitrogens with one attached hydrogen (secondary N) is 1. The molecule has 1 aromatic carbocycles. The quantitative estimate of drug-likeness (QED) is 0.519. The standard InChI is InChI=1S/C12H8BrFN4O3/c1-2-11(19)15-7-3-4-9(14)10(5-7)17-6-8(13)12(16-17)18(20)21/h2-6H,1H2,(H,15,19). The molecular formula is C12H8BrFN4O3. The minimum atomic E-state index is -0.693. The minimum Gasteiger partial charge on any atom is -0.358 e. The Morgan fingerprint density at radius 3 is 2.86 bits per heavy atom. The first-order chi connectivity index (χ1) is 9.92. The van der Waals surface area contributed by atoms with Crippen LogP contribution in [0.2, 0.25) is 0 Å². The monoisotopic (exact) mass is 354 g/mol. The Hall–Kier alpha value is -2.55. The van der Waals surface area contributed by atoms with Crippen molar-refractivity contribution in [3.63, 3.8) is 0 Å².